The number of hydrogen-bond donors (Lipinski definition) is 1. The lowest BCUT2D eigenvalue weighted by Crippen LogP contribution is -2.34. The van der Waals surface area contributed by atoms with E-state index < -0.39 is 0 Å². The average molecular weight is 197 g/mol. The van der Waals surface area contributed by atoms with Gasteiger partial charge in [0, 0.05) is 18.9 Å². The van der Waals surface area contributed by atoms with Gasteiger partial charge in [0.1, 0.15) is 0 Å². The Labute approximate surface area is 85.1 Å². The van der Waals surface area contributed by atoms with Crippen molar-refractivity contribution in [3.63, 3.8) is 0 Å². The maximum atomic E-state index is 9.75. The second-order valence-corrected chi connectivity index (χ2v) is 3.37. The molecule has 14 heavy (non-hydrogen) atoms. The van der Waals surface area contributed by atoms with Gasteiger partial charge in [-0.2, -0.15) is 5.10 Å². The molecule has 1 aromatic rings. The second kappa shape index (κ2) is 5.78. The van der Waals surface area contributed by atoms with Gasteiger partial charge in [-0.25, -0.2) is 0 Å². The van der Waals surface area contributed by atoms with E-state index in [-0.39, 0.29) is 6.10 Å². The molecular weight excluding hydrogens is 178 g/mol. The Morgan fingerprint density at radius 2 is 2.14 bits per heavy atom. The highest BCUT2D eigenvalue weighted by Crippen LogP contribution is 1.95. The first kappa shape index (κ1) is 11.2. The summed E-state index contributed by atoms with van der Waals surface area (Å²) >= 11 is 0. The van der Waals surface area contributed by atoms with E-state index in [9.17, 15) is 5.11 Å². The summed E-state index contributed by atoms with van der Waals surface area (Å²) in [6.45, 7) is 7.45. The normalized spacial score (nSPS) is 13.4. The molecule has 0 radical (unpaired) electrons. The standard InChI is InChI=1S/C10H19N3O/c1-3-12(4-2)8-10(14)9-13-7-5-6-11-13/h5-7,10,14H,3-4,8-9H2,1-2H3/t10-/m0/s1. The van der Waals surface area contributed by atoms with E-state index in [4.69, 9.17) is 0 Å². The maximum Gasteiger partial charge on any atom is 0.0862 e. The topological polar surface area (TPSA) is 41.3 Å². The number of aliphatic hydroxyl groups excluding tert-OH is 1. The van der Waals surface area contributed by atoms with E-state index in [1.807, 2.05) is 12.3 Å². The zero-order valence-electron chi connectivity index (χ0n) is 8.93. The van der Waals surface area contributed by atoms with E-state index in [2.05, 4.69) is 23.8 Å². The molecule has 0 amide bonds. The lowest BCUT2D eigenvalue weighted by Gasteiger charge is -2.21. The Hall–Kier alpha value is -0.870. The maximum absolute atomic E-state index is 9.75. The van der Waals surface area contributed by atoms with Gasteiger partial charge in [0.2, 0.25) is 0 Å². The molecule has 0 aliphatic carbocycles. The fourth-order valence-electron chi connectivity index (χ4n) is 1.46. The molecule has 0 aliphatic rings. The molecule has 0 saturated carbocycles. The molecule has 0 aromatic carbocycles. The Morgan fingerprint density at radius 1 is 1.43 bits per heavy atom. The molecule has 1 rings (SSSR count). The monoisotopic (exact) mass is 197 g/mol. The summed E-state index contributed by atoms with van der Waals surface area (Å²) in [5, 5.41) is 13.8. The van der Waals surface area contributed by atoms with Gasteiger partial charge in [0.05, 0.1) is 12.6 Å². The van der Waals surface area contributed by atoms with Gasteiger partial charge >= 0.3 is 0 Å². The van der Waals surface area contributed by atoms with E-state index in [1.54, 1.807) is 10.9 Å². The van der Waals surface area contributed by atoms with Crippen LogP contribution in [0.25, 0.3) is 0 Å². The van der Waals surface area contributed by atoms with Crippen LogP contribution in [0, 0.1) is 0 Å². The predicted octanol–water partition coefficient (Wildman–Crippen LogP) is 0.586. The SMILES string of the molecule is CCN(CC)C[C@H](O)Cn1cccn1. The van der Waals surface area contributed by atoms with Gasteiger partial charge in [0.25, 0.3) is 0 Å². The smallest absolute Gasteiger partial charge is 0.0862 e. The van der Waals surface area contributed by atoms with Gasteiger partial charge in [-0.05, 0) is 19.2 Å². The third-order valence-corrected chi connectivity index (χ3v) is 2.32. The summed E-state index contributed by atoms with van der Waals surface area (Å²) in [6, 6.07) is 1.87. The number of aromatic nitrogens is 2. The van der Waals surface area contributed by atoms with Gasteiger partial charge in [0.15, 0.2) is 0 Å². The first-order valence-electron chi connectivity index (χ1n) is 5.14. The number of hydrogen-bond acceptors (Lipinski definition) is 3. The van der Waals surface area contributed by atoms with Crippen molar-refractivity contribution in [1.29, 1.82) is 0 Å². The molecule has 1 atom stereocenters. The number of rotatable bonds is 6. The third-order valence-electron chi connectivity index (χ3n) is 2.32. The minimum absolute atomic E-state index is 0.338. The van der Waals surface area contributed by atoms with Crippen LogP contribution in [0.3, 0.4) is 0 Å². The highest BCUT2D eigenvalue weighted by Gasteiger charge is 2.09. The van der Waals surface area contributed by atoms with Crippen LogP contribution in [0.2, 0.25) is 0 Å². The Bertz CT molecular complexity index is 232. The van der Waals surface area contributed by atoms with E-state index >= 15 is 0 Å². The summed E-state index contributed by atoms with van der Waals surface area (Å²) in [4.78, 5) is 2.20. The minimum atomic E-state index is -0.338. The molecule has 0 fully saturated rings. The van der Waals surface area contributed by atoms with Crippen molar-refractivity contribution in [3.8, 4) is 0 Å². The largest absolute Gasteiger partial charge is 0.390 e. The molecule has 1 N–H and O–H groups in total. The summed E-state index contributed by atoms with van der Waals surface area (Å²) in [6.07, 6.45) is 3.25. The molecule has 4 heteroatoms. The minimum Gasteiger partial charge on any atom is -0.390 e. The summed E-state index contributed by atoms with van der Waals surface area (Å²) < 4.78 is 1.76. The molecule has 0 aliphatic heterocycles. The van der Waals surface area contributed by atoms with Crippen LogP contribution < -0.4 is 0 Å². The zero-order chi connectivity index (χ0) is 10.4. The van der Waals surface area contributed by atoms with Gasteiger partial charge in [-0.3, -0.25) is 4.68 Å². The molecule has 80 valence electrons. The van der Waals surface area contributed by atoms with Crippen molar-refractivity contribution < 1.29 is 5.11 Å². The molecule has 0 bridgehead atoms. The summed E-state index contributed by atoms with van der Waals surface area (Å²) in [5.41, 5.74) is 0. The molecular formula is C10H19N3O. The third kappa shape index (κ3) is 3.47. The predicted molar refractivity (Wildman–Crippen MR) is 56.0 cm³/mol. The lowest BCUT2D eigenvalue weighted by atomic mass is 10.3. The van der Waals surface area contributed by atoms with Gasteiger partial charge in [-0.15, -0.1) is 0 Å². The Balaban J connectivity index is 2.31. The van der Waals surface area contributed by atoms with Crippen LogP contribution in [-0.2, 0) is 6.54 Å². The zero-order valence-corrected chi connectivity index (χ0v) is 8.93. The molecule has 0 unspecified atom stereocenters. The highest BCUT2D eigenvalue weighted by atomic mass is 16.3. The van der Waals surface area contributed by atoms with Crippen molar-refractivity contribution in [3.05, 3.63) is 18.5 Å². The Morgan fingerprint density at radius 3 is 2.64 bits per heavy atom. The van der Waals surface area contributed by atoms with E-state index in [1.165, 1.54) is 0 Å². The summed E-state index contributed by atoms with van der Waals surface area (Å²) in [5.74, 6) is 0. The lowest BCUT2D eigenvalue weighted by molar-refractivity contribution is 0.0997. The Kier molecular flexibility index (Phi) is 4.62. The van der Waals surface area contributed by atoms with Crippen LogP contribution in [0.5, 0.6) is 0 Å². The van der Waals surface area contributed by atoms with Crippen molar-refractivity contribution in [2.45, 2.75) is 26.5 Å². The van der Waals surface area contributed by atoms with Crippen LogP contribution in [-0.4, -0.2) is 45.5 Å². The van der Waals surface area contributed by atoms with Gasteiger partial charge in [-0.1, -0.05) is 13.8 Å². The van der Waals surface area contributed by atoms with Crippen LogP contribution in [0.15, 0.2) is 18.5 Å². The first-order chi connectivity index (χ1) is 6.76. The van der Waals surface area contributed by atoms with Crippen LogP contribution in [0.4, 0.5) is 0 Å². The quantitative estimate of drug-likeness (QED) is 0.725. The molecule has 4 nitrogen and oxygen atoms in total. The van der Waals surface area contributed by atoms with E-state index in [0.717, 1.165) is 13.1 Å². The fraction of sp³-hybridized carbons (Fsp3) is 0.700. The van der Waals surface area contributed by atoms with Gasteiger partial charge < -0.3 is 10.0 Å². The van der Waals surface area contributed by atoms with E-state index in [0.29, 0.717) is 13.1 Å². The summed E-state index contributed by atoms with van der Waals surface area (Å²) in [7, 11) is 0. The average Bonchev–Trinajstić information content (AvgIpc) is 2.66. The van der Waals surface area contributed by atoms with Crippen molar-refractivity contribution in [2.24, 2.45) is 0 Å². The molecule has 1 aromatic heterocycles. The molecule has 1 heterocycles. The highest BCUT2D eigenvalue weighted by molar-refractivity contribution is 4.78. The molecule has 0 spiro atoms. The van der Waals surface area contributed by atoms with Crippen molar-refractivity contribution in [1.82, 2.24) is 14.7 Å². The number of nitrogens with zero attached hydrogens (tertiary/aromatic N) is 3. The molecule has 0 saturated heterocycles. The van der Waals surface area contributed by atoms with Crippen molar-refractivity contribution >= 4 is 0 Å². The van der Waals surface area contributed by atoms with Crippen molar-refractivity contribution in [2.75, 3.05) is 19.6 Å². The second-order valence-electron chi connectivity index (χ2n) is 3.37. The fourth-order valence-corrected chi connectivity index (χ4v) is 1.46. The first-order valence-corrected chi connectivity index (χ1v) is 5.14. The number of aliphatic hydroxyl groups is 1. The van der Waals surface area contributed by atoms with Crippen LogP contribution in [0.1, 0.15) is 13.8 Å². The van der Waals surface area contributed by atoms with Crippen LogP contribution >= 0.6 is 0 Å². The number of likely N-dealkylation sites (N-methyl/N-ethyl adjacent to an activating group) is 1.